The van der Waals surface area contributed by atoms with Crippen LogP contribution < -0.4 is 5.73 Å². The normalized spacial score (nSPS) is 13.1. The second-order valence-corrected chi connectivity index (χ2v) is 5.56. The van der Waals surface area contributed by atoms with Crippen molar-refractivity contribution in [2.45, 2.75) is 47.6 Å². The quantitative estimate of drug-likeness (QED) is 0.357. The Morgan fingerprint density at radius 3 is 1.65 bits per heavy atom. The molecule has 0 aromatic carbocycles. The molecule has 5 N–H and O–H groups in total. The van der Waals surface area contributed by atoms with Crippen molar-refractivity contribution in [3.8, 4) is 12.3 Å². The van der Waals surface area contributed by atoms with E-state index in [1.54, 1.807) is 20.8 Å². The number of allylic oxidation sites excluding steroid dienone is 3. The number of terminal acetylenes is 1. The van der Waals surface area contributed by atoms with Gasteiger partial charge < -0.3 is 21.4 Å². The summed E-state index contributed by atoms with van der Waals surface area (Å²) in [5.74, 6) is 2.97. The van der Waals surface area contributed by atoms with Crippen LogP contribution in [0.3, 0.4) is 0 Å². The predicted molar refractivity (Wildman–Crippen MR) is 101 cm³/mol. The summed E-state index contributed by atoms with van der Waals surface area (Å²) in [6.07, 6.45) is 4.70. The lowest BCUT2D eigenvalue weighted by atomic mass is 9.97. The highest BCUT2D eigenvalue weighted by atomic mass is 35.5. The molecule has 0 saturated heterocycles. The molecular weight excluding hydrogens is 312 g/mol. The van der Waals surface area contributed by atoms with Gasteiger partial charge in [-0.15, -0.1) is 6.42 Å². The Kier molecular flexibility index (Phi) is 16.1. The fourth-order valence-electron chi connectivity index (χ4n) is 1.24. The molecule has 0 radical (unpaired) electrons. The Hall–Kier alpha value is -1.54. The van der Waals surface area contributed by atoms with Crippen LogP contribution in [0, 0.1) is 23.7 Å². The van der Waals surface area contributed by atoms with E-state index in [9.17, 15) is 0 Å². The standard InChI is InChI=1S/C10H15N.C7H12ClNO.CH4O/c1-6-10(9(5)11)8(4)7(2)3;1-4(6(3)10)7(8)5(2)9;1-2/h1,7,11H,2-5H3;6,10H,2,9H2,1,3H3;2H,1H3/b10-8+,11-9?;7-4+;. The van der Waals surface area contributed by atoms with Crippen molar-refractivity contribution in [1.82, 2.24) is 0 Å². The molecule has 23 heavy (non-hydrogen) atoms. The van der Waals surface area contributed by atoms with E-state index in [4.69, 9.17) is 39.4 Å². The average molecular weight is 343 g/mol. The number of aliphatic hydroxyl groups excluding tert-OH is 2. The first-order valence-electron chi connectivity index (χ1n) is 7.13. The van der Waals surface area contributed by atoms with Gasteiger partial charge in [-0.25, -0.2) is 0 Å². The summed E-state index contributed by atoms with van der Waals surface area (Å²) in [6.45, 7) is 14.6. The summed E-state index contributed by atoms with van der Waals surface area (Å²) in [5, 5.41) is 23.7. The molecule has 1 atom stereocenters. The lowest BCUT2D eigenvalue weighted by Crippen LogP contribution is -2.06. The molecule has 0 fully saturated rings. The maximum atomic E-state index is 9.00. The maximum absolute atomic E-state index is 9.00. The van der Waals surface area contributed by atoms with Crippen molar-refractivity contribution in [1.29, 1.82) is 5.41 Å². The monoisotopic (exact) mass is 342 g/mol. The van der Waals surface area contributed by atoms with Gasteiger partial charge in [0.1, 0.15) is 0 Å². The molecule has 1 unspecified atom stereocenters. The van der Waals surface area contributed by atoms with Crippen LogP contribution in [0.2, 0.25) is 0 Å². The van der Waals surface area contributed by atoms with Gasteiger partial charge in [0.25, 0.3) is 0 Å². The number of aliphatic hydroxyl groups is 2. The average Bonchev–Trinajstić information content (AvgIpc) is 2.48. The van der Waals surface area contributed by atoms with Gasteiger partial charge in [-0.2, -0.15) is 0 Å². The number of rotatable bonds is 4. The van der Waals surface area contributed by atoms with E-state index in [-0.39, 0.29) is 0 Å². The predicted octanol–water partition coefficient (Wildman–Crippen LogP) is 3.59. The van der Waals surface area contributed by atoms with Gasteiger partial charge in [-0.05, 0) is 39.2 Å². The summed E-state index contributed by atoms with van der Waals surface area (Å²) in [6, 6.07) is 0. The smallest absolute Gasteiger partial charge is 0.0737 e. The van der Waals surface area contributed by atoms with E-state index in [0.717, 1.165) is 18.3 Å². The Morgan fingerprint density at radius 1 is 1.17 bits per heavy atom. The molecular formula is C18H31ClN2O2. The molecule has 0 spiro atoms. The Bertz CT molecular complexity index is 496. The Labute approximate surface area is 146 Å². The number of halogens is 1. The van der Waals surface area contributed by atoms with E-state index >= 15 is 0 Å². The van der Waals surface area contributed by atoms with Gasteiger partial charge >= 0.3 is 0 Å². The van der Waals surface area contributed by atoms with Crippen molar-refractivity contribution < 1.29 is 10.2 Å². The zero-order chi connectivity index (χ0) is 19.3. The molecule has 0 aliphatic carbocycles. The van der Waals surface area contributed by atoms with Crippen LogP contribution in [-0.2, 0) is 0 Å². The SMILES string of the molecule is C#C/C(C(C)=N)=C(/C)C(C)C.C=C(N)/C(Cl)=C(/C)C(C)O.CO. The van der Waals surface area contributed by atoms with Crippen LogP contribution in [0.1, 0.15) is 41.5 Å². The van der Waals surface area contributed by atoms with Crippen LogP contribution in [-0.4, -0.2) is 29.1 Å². The fraction of sp³-hybridized carbons (Fsp3) is 0.500. The Balaban J connectivity index is -0.000000315. The van der Waals surface area contributed by atoms with Crippen LogP contribution in [0.5, 0.6) is 0 Å². The third-order valence-corrected chi connectivity index (χ3v) is 3.58. The number of nitrogens with one attached hydrogen (secondary N) is 1. The molecule has 0 heterocycles. The largest absolute Gasteiger partial charge is 0.400 e. The molecule has 0 saturated carbocycles. The molecule has 0 amide bonds. The second-order valence-electron chi connectivity index (χ2n) is 5.18. The maximum Gasteiger partial charge on any atom is 0.0737 e. The van der Waals surface area contributed by atoms with Crippen LogP contribution in [0.25, 0.3) is 0 Å². The second kappa shape index (κ2) is 14.1. The minimum Gasteiger partial charge on any atom is -0.400 e. The van der Waals surface area contributed by atoms with E-state index in [0.29, 0.717) is 27.9 Å². The minimum absolute atomic E-state index is 0.292. The van der Waals surface area contributed by atoms with E-state index in [1.165, 1.54) is 0 Å². The first kappa shape index (κ1) is 26.4. The van der Waals surface area contributed by atoms with Crippen molar-refractivity contribution in [2.24, 2.45) is 11.7 Å². The van der Waals surface area contributed by atoms with Crippen molar-refractivity contribution >= 4 is 17.3 Å². The molecule has 0 aromatic rings. The zero-order valence-electron chi connectivity index (χ0n) is 15.3. The van der Waals surface area contributed by atoms with E-state index < -0.39 is 6.10 Å². The third-order valence-electron chi connectivity index (χ3n) is 3.03. The topological polar surface area (TPSA) is 90.3 Å². The highest BCUT2D eigenvalue weighted by Gasteiger charge is 2.05. The lowest BCUT2D eigenvalue weighted by Gasteiger charge is -2.08. The summed E-state index contributed by atoms with van der Waals surface area (Å²) in [5.41, 5.74) is 8.58. The number of hydrogen-bond acceptors (Lipinski definition) is 4. The lowest BCUT2D eigenvalue weighted by molar-refractivity contribution is 0.231. The highest BCUT2D eigenvalue weighted by molar-refractivity contribution is 6.32. The first-order chi connectivity index (χ1) is 10.5. The van der Waals surface area contributed by atoms with Gasteiger partial charge in [-0.3, -0.25) is 0 Å². The fourth-order valence-corrected chi connectivity index (χ4v) is 1.40. The van der Waals surface area contributed by atoms with Crippen LogP contribution >= 0.6 is 11.6 Å². The molecule has 0 bridgehead atoms. The van der Waals surface area contributed by atoms with Crippen LogP contribution in [0.15, 0.2) is 34.0 Å². The molecule has 132 valence electrons. The molecule has 4 nitrogen and oxygen atoms in total. The summed E-state index contributed by atoms with van der Waals surface area (Å²) < 4.78 is 0. The summed E-state index contributed by atoms with van der Waals surface area (Å²) in [4.78, 5) is 0. The third kappa shape index (κ3) is 11.7. The number of hydrogen-bond donors (Lipinski definition) is 4. The minimum atomic E-state index is -0.562. The molecule has 0 aromatic heterocycles. The summed E-state index contributed by atoms with van der Waals surface area (Å²) >= 11 is 5.66. The van der Waals surface area contributed by atoms with Crippen molar-refractivity contribution in [3.05, 3.63) is 34.0 Å². The first-order valence-corrected chi connectivity index (χ1v) is 7.51. The molecule has 0 aliphatic rings. The molecule has 0 aliphatic heterocycles. The van der Waals surface area contributed by atoms with E-state index in [2.05, 4.69) is 26.3 Å². The number of nitrogens with two attached hydrogens (primary N) is 1. The highest BCUT2D eigenvalue weighted by Crippen LogP contribution is 2.16. The molecule has 0 rings (SSSR count). The van der Waals surface area contributed by atoms with Gasteiger partial charge in [0.2, 0.25) is 0 Å². The van der Waals surface area contributed by atoms with Gasteiger partial charge in [0.05, 0.1) is 11.1 Å². The van der Waals surface area contributed by atoms with Crippen molar-refractivity contribution in [3.63, 3.8) is 0 Å². The molecule has 5 heteroatoms. The Morgan fingerprint density at radius 2 is 1.57 bits per heavy atom. The zero-order valence-corrected chi connectivity index (χ0v) is 16.0. The van der Waals surface area contributed by atoms with Gasteiger partial charge in [0, 0.05) is 24.1 Å². The van der Waals surface area contributed by atoms with Gasteiger partial charge in [0.15, 0.2) is 0 Å². The van der Waals surface area contributed by atoms with Gasteiger partial charge in [-0.1, -0.05) is 43.5 Å². The van der Waals surface area contributed by atoms with E-state index in [1.807, 2.05) is 6.92 Å². The summed E-state index contributed by atoms with van der Waals surface area (Å²) in [7, 11) is 1.00. The van der Waals surface area contributed by atoms with Crippen LogP contribution in [0.4, 0.5) is 0 Å². The van der Waals surface area contributed by atoms with Crippen molar-refractivity contribution in [2.75, 3.05) is 7.11 Å².